The lowest BCUT2D eigenvalue weighted by molar-refractivity contribution is 0.230. The van der Waals surface area contributed by atoms with Gasteiger partial charge in [-0.2, -0.15) is 0 Å². The maximum Gasteiger partial charge on any atom is 0.127 e. The first kappa shape index (κ1) is 15.8. The van der Waals surface area contributed by atoms with Crippen LogP contribution in [0.25, 0.3) is 0 Å². The molecular formula is C15H18Br2ClF. The average molecular weight is 413 g/mol. The van der Waals surface area contributed by atoms with E-state index in [4.69, 9.17) is 11.6 Å². The lowest BCUT2D eigenvalue weighted by Crippen LogP contribution is -2.35. The Labute approximate surface area is 136 Å². The second-order valence-electron chi connectivity index (χ2n) is 5.49. The Hall–Kier alpha value is 0.400. The summed E-state index contributed by atoms with van der Waals surface area (Å²) in [5, 5.41) is 2.30. The molecule has 1 aromatic carbocycles. The number of alkyl halides is 2. The minimum absolute atomic E-state index is 0.0579. The number of rotatable bonds is 5. The van der Waals surface area contributed by atoms with Crippen molar-refractivity contribution < 1.29 is 4.39 Å². The van der Waals surface area contributed by atoms with Crippen molar-refractivity contribution in [1.82, 2.24) is 0 Å². The summed E-state index contributed by atoms with van der Waals surface area (Å²) in [6.45, 7) is 0. The Kier molecular flexibility index (Phi) is 5.74. The normalized spacial score (nSPS) is 17.1. The topological polar surface area (TPSA) is 0 Å². The Morgan fingerprint density at radius 2 is 1.84 bits per heavy atom. The molecular weight excluding hydrogens is 394 g/mol. The molecule has 4 heteroatoms. The van der Waals surface area contributed by atoms with Crippen LogP contribution in [-0.4, -0.2) is 10.7 Å². The van der Waals surface area contributed by atoms with Crippen molar-refractivity contribution in [2.24, 2.45) is 11.3 Å². The highest BCUT2D eigenvalue weighted by Crippen LogP contribution is 2.45. The van der Waals surface area contributed by atoms with Gasteiger partial charge in [-0.25, -0.2) is 4.39 Å². The molecule has 1 saturated carbocycles. The molecule has 1 aliphatic rings. The van der Waals surface area contributed by atoms with Crippen LogP contribution < -0.4 is 0 Å². The van der Waals surface area contributed by atoms with Gasteiger partial charge in [-0.1, -0.05) is 62.4 Å². The predicted octanol–water partition coefficient (Wildman–Crippen LogP) is 5.99. The smallest absolute Gasteiger partial charge is 0.127 e. The summed E-state index contributed by atoms with van der Waals surface area (Å²) in [7, 11) is 0. The summed E-state index contributed by atoms with van der Waals surface area (Å²) >= 11 is 13.5. The SMILES string of the molecule is Fc1cccc(Cl)c1CC(CBr)(CBr)C1CCCC1. The first-order valence-electron chi connectivity index (χ1n) is 6.68. The van der Waals surface area contributed by atoms with Crippen LogP contribution in [0.1, 0.15) is 31.2 Å². The van der Waals surface area contributed by atoms with Crippen LogP contribution in [0.4, 0.5) is 4.39 Å². The number of hydrogen-bond donors (Lipinski definition) is 0. The van der Waals surface area contributed by atoms with Crippen molar-refractivity contribution in [3.05, 3.63) is 34.6 Å². The maximum absolute atomic E-state index is 14.0. The van der Waals surface area contributed by atoms with E-state index in [9.17, 15) is 4.39 Å². The lowest BCUT2D eigenvalue weighted by Gasteiger charge is -2.37. The summed E-state index contributed by atoms with van der Waals surface area (Å²) in [6.07, 6.45) is 5.75. The second kappa shape index (κ2) is 6.91. The first-order chi connectivity index (χ1) is 9.13. The molecule has 1 aliphatic carbocycles. The minimum atomic E-state index is -0.184. The fraction of sp³-hybridized carbons (Fsp3) is 0.600. The molecule has 1 aromatic rings. The van der Waals surface area contributed by atoms with E-state index in [1.807, 2.05) is 0 Å². The second-order valence-corrected chi connectivity index (χ2v) is 7.02. The van der Waals surface area contributed by atoms with E-state index in [0.29, 0.717) is 22.9 Å². The quantitative estimate of drug-likeness (QED) is 0.521. The van der Waals surface area contributed by atoms with Gasteiger partial charge in [-0.3, -0.25) is 0 Å². The highest BCUT2D eigenvalue weighted by atomic mass is 79.9. The van der Waals surface area contributed by atoms with Gasteiger partial charge in [0.1, 0.15) is 5.82 Å². The molecule has 0 spiro atoms. The number of hydrogen-bond acceptors (Lipinski definition) is 0. The van der Waals surface area contributed by atoms with Crippen LogP contribution in [0.15, 0.2) is 18.2 Å². The van der Waals surface area contributed by atoms with Crippen LogP contribution in [0.2, 0.25) is 5.02 Å². The predicted molar refractivity (Wildman–Crippen MR) is 87.1 cm³/mol. The lowest BCUT2D eigenvalue weighted by atomic mass is 9.73. The van der Waals surface area contributed by atoms with Crippen molar-refractivity contribution in [2.75, 3.05) is 10.7 Å². The maximum atomic E-state index is 14.0. The van der Waals surface area contributed by atoms with Crippen LogP contribution in [0.3, 0.4) is 0 Å². The molecule has 0 amide bonds. The molecule has 0 aliphatic heterocycles. The molecule has 2 rings (SSSR count). The van der Waals surface area contributed by atoms with E-state index < -0.39 is 0 Å². The van der Waals surface area contributed by atoms with Crippen molar-refractivity contribution in [1.29, 1.82) is 0 Å². The molecule has 19 heavy (non-hydrogen) atoms. The Morgan fingerprint density at radius 3 is 2.37 bits per heavy atom. The number of benzene rings is 1. The van der Waals surface area contributed by atoms with Crippen molar-refractivity contribution in [3.8, 4) is 0 Å². The van der Waals surface area contributed by atoms with Crippen LogP contribution in [0, 0.1) is 17.2 Å². The first-order valence-corrected chi connectivity index (χ1v) is 9.30. The molecule has 106 valence electrons. The van der Waals surface area contributed by atoms with Gasteiger partial charge < -0.3 is 0 Å². The van der Waals surface area contributed by atoms with Crippen molar-refractivity contribution in [3.63, 3.8) is 0 Å². The summed E-state index contributed by atoms with van der Waals surface area (Å²) in [6, 6.07) is 4.95. The average Bonchev–Trinajstić information content (AvgIpc) is 2.94. The van der Waals surface area contributed by atoms with E-state index in [0.717, 1.165) is 10.7 Å². The number of halogens is 4. The summed E-state index contributed by atoms with van der Waals surface area (Å²) in [5.41, 5.74) is 0.720. The van der Waals surface area contributed by atoms with Gasteiger partial charge in [0.25, 0.3) is 0 Å². The van der Waals surface area contributed by atoms with Crippen molar-refractivity contribution >= 4 is 43.5 Å². The van der Waals surface area contributed by atoms with Crippen LogP contribution in [0.5, 0.6) is 0 Å². The Bertz CT molecular complexity index is 406. The fourth-order valence-electron chi connectivity index (χ4n) is 3.08. The third-order valence-electron chi connectivity index (χ3n) is 4.34. The zero-order valence-electron chi connectivity index (χ0n) is 10.8. The molecule has 0 bridgehead atoms. The van der Waals surface area contributed by atoms with Gasteiger partial charge in [0.05, 0.1) is 0 Å². The van der Waals surface area contributed by atoms with Gasteiger partial charge in [0.15, 0.2) is 0 Å². The Balaban J connectivity index is 2.30. The van der Waals surface area contributed by atoms with E-state index in [-0.39, 0.29) is 11.2 Å². The molecule has 0 N–H and O–H groups in total. The van der Waals surface area contributed by atoms with E-state index in [1.54, 1.807) is 12.1 Å². The summed E-state index contributed by atoms with van der Waals surface area (Å²) < 4.78 is 14.0. The highest BCUT2D eigenvalue weighted by molar-refractivity contribution is 9.09. The van der Waals surface area contributed by atoms with E-state index >= 15 is 0 Å². The largest absolute Gasteiger partial charge is 0.207 e. The summed E-state index contributed by atoms with van der Waals surface area (Å²) in [5.74, 6) is 0.457. The van der Waals surface area contributed by atoms with Crippen LogP contribution in [-0.2, 0) is 6.42 Å². The van der Waals surface area contributed by atoms with Gasteiger partial charge in [-0.15, -0.1) is 0 Å². The summed E-state index contributed by atoms with van der Waals surface area (Å²) in [4.78, 5) is 0. The van der Waals surface area contributed by atoms with Crippen LogP contribution >= 0.6 is 43.5 Å². The van der Waals surface area contributed by atoms with Gasteiger partial charge >= 0.3 is 0 Å². The minimum Gasteiger partial charge on any atom is -0.207 e. The Morgan fingerprint density at radius 1 is 1.21 bits per heavy atom. The molecule has 0 unspecified atom stereocenters. The standard InChI is InChI=1S/C15H18Br2ClF/c16-9-15(10-17,11-4-1-2-5-11)8-12-13(18)6-3-7-14(12)19/h3,6-7,11H,1-2,4-5,8-10H2. The van der Waals surface area contributed by atoms with E-state index in [2.05, 4.69) is 31.9 Å². The molecule has 0 aromatic heterocycles. The zero-order chi connectivity index (χ0) is 13.9. The van der Waals surface area contributed by atoms with Gasteiger partial charge in [-0.05, 0) is 42.7 Å². The third kappa shape index (κ3) is 3.36. The zero-order valence-corrected chi connectivity index (χ0v) is 14.7. The van der Waals surface area contributed by atoms with Gasteiger partial charge in [0.2, 0.25) is 0 Å². The monoisotopic (exact) mass is 410 g/mol. The molecule has 0 radical (unpaired) electrons. The molecule has 0 nitrogen and oxygen atoms in total. The van der Waals surface area contributed by atoms with E-state index in [1.165, 1.54) is 31.7 Å². The van der Waals surface area contributed by atoms with Gasteiger partial charge in [0, 0.05) is 21.2 Å². The highest BCUT2D eigenvalue weighted by Gasteiger charge is 2.39. The third-order valence-corrected chi connectivity index (χ3v) is 6.93. The fourth-order valence-corrected chi connectivity index (χ4v) is 5.55. The molecule has 0 saturated heterocycles. The molecule has 0 heterocycles. The molecule has 0 atom stereocenters. The molecule has 1 fully saturated rings. The van der Waals surface area contributed by atoms with Crippen molar-refractivity contribution in [2.45, 2.75) is 32.1 Å².